The number of nitrogens with one attached hydrogen (secondary N) is 1. The van der Waals surface area contributed by atoms with Crippen molar-refractivity contribution in [3.05, 3.63) is 54.1 Å². The molecule has 0 heterocycles. The van der Waals surface area contributed by atoms with Gasteiger partial charge in [0, 0.05) is 0 Å². The normalized spacial score (nSPS) is 11.6. The van der Waals surface area contributed by atoms with Crippen LogP contribution in [-0.4, -0.2) is 46.9 Å². The number of carbonyl (C=O) groups excluding carboxylic acids is 1. The van der Waals surface area contributed by atoms with Crippen LogP contribution in [0, 0.1) is 0 Å². The van der Waals surface area contributed by atoms with Gasteiger partial charge in [-0.05, 0) is 48.2 Å². The molecule has 2 aromatic carbocycles. The van der Waals surface area contributed by atoms with E-state index >= 15 is 0 Å². The third kappa shape index (κ3) is 7.47. The van der Waals surface area contributed by atoms with Gasteiger partial charge in [-0.3, -0.25) is 9.10 Å². The van der Waals surface area contributed by atoms with Gasteiger partial charge in [0.25, 0.3) is 0 Å². The van der Waals surface area contributed by atoms with Crippen LogP contribution in [0.15, 0.2) is 48.5 Å². The summed E-state index contributed by atoms with van der Waals surface area (Å²) in [7, 11) is -3.63. The van der Waals surface area contributed by atoms with Gasteiger partial charge in [0.2, 0.25) is 15.9 Å². The van der Waals surface area contributed by atoms with Gasteiger partial charge < -0.3 is 14.8 Å². The quantitative estimate of drug-likeness (QED) is 0.564. The van der Waals surface area contributed by atoms with Crippen LogP contribution in [0.2, 0.25) is 0 Å². The van der Waals surface area contributed by atoms with Gasteiger partial charge in [0.1, 0.15) is 24.7 Å². The van der Waals surface area contributed by atoms with E-state index in [0.29, 0.717) is 18.0 Å². The molecule has 2 aromatic rings. The molecule has 0 aliphatic heterocycles. The molecule has 7 nitrogen and oxygen atoms in total. The Morgan fingerprint density at radius 1 is 1.03 bits per heavy atom. The van der Waals surface area contributed by atoms with Gasteiger partial charge in [-0.1, -0.05) is 39.0 Å². The van der Waals surface area contributed by atoms with Crippen molar-refractivity contribution in [1.82, 2.24) is 5.32 Å². The lowest BCUT2D eigenvalue weighted by atomic mass is 9.86. The second-order valence-corrected chi connectivity index (χ2v) is 10.0. The average molecular weight is 449 g/mol. The van der Waals surface area contributed by atoms with Gasteiger partial charge in [0.05, 0.1) is 25.1 Å². The lowest BCUT2D eigenvalue weighted by molar-refractivity contribution is -0.119. The minimum atomic E-state index is -3.63. The molecule has 0 aromatic heterocycles. The second-order valence-electron chi connectivity index (χ2n) is 8.14. The first-order valence-electron chi connectivity index (χ1n) is 10.2. The molecule has 31 heavy (non-hydrogen) atoms. The van der Waals surface area contributed by atoms with Gasteiger partial charge in [0.15, 0.2) is 0 Å². The van der Waals surface area contributed by atoms with Crippen LogP contribution in [0.3, 0.4) is 0 Å². The number of carbonyl (C=O) groups is 1. The highest BCUT2D eigenvalue weighted by Crippen LogP contribution is 2.30. The predicted molar refractivity (Wildman–Crippen MR) is 123 cm³/mol. The van der Waals surface area contributed by atoms with E-state index < -0.39 is 15.9 Å². The fourth-order valence-corrected chi connectivity index (χ4v) is 3.88. The lowest BCUT2D eigenvalue weighted by Gasteiger charge is -2.23. The van der Waals surface area contributed by atoms with Crippen molar-refractivity contribution in [3.8, 4) is 11.5 Å². The van der Waals surface area contributed by atoms with Crippen molar-refractivity contribution in [2.75, 3.05) is 36.9 Å². The Hall–Kier alpha value is -2.74. The minimum Gasteiger partial charge on any atom is -0.494 e. The summed E-state index contributed by atoms with van der Waals surface area (Å²) in [6.45, 7) is 8.93. The van der Waals surface area contributed by atoms with Gasteiger partial charge >= 0.3 is 0 Å². The highest BCUT2D eigenvalue weighted by molar-refractivity contribution is 7.92. The highest BCUT2D eigenvalue weighted by atomic mass is 32.2. The van der Waals surface area contributed by atoms with E-state index in [2.05, 4.69) is 26.1 Å². The molecule has 0 fully saturated rings. The first kappa shape index (κ1) is 24.5. The van der Waals surface area contributed by atoms with Crippen molar-refractivity contribution in [2.24, 2.45) is 0 Å². The van der Waals surface area contributed by atoms with Crippen molar-refractivity contribution >= 4 is 21.6 Å². The number of benzene rings is 2. The van der Waals surface area contributed by atoms with Crippen LogP contribution in [0.25, 0.3) is 0 Å². The monoisotopic (exact) mass is 448 g/mol. The molecule has 0 atom stereocenters. The maximum Gasteiger partial charge on any atom is 0.240 e. The van der Waals surface area contributed by atoms with Crippen LogP contribution < -0.4 is 19.1 Å². The Bertz CT molecular complexity index is 966. The number of amides is 1. The van der Waals surface area contributed by atoms with Crippen LogP contribution in [0.4, 0.5) is 5.69 Å². The molecule has 1 N–H and O–H groups in total. The molecule has 1 amide bonds. The number of hydrogen-bond acceptors (Lipinski definition) is 5. The van der Waals surface area contributed by atoms with Crippen LogP contribution in [0.5, 0.6) is 11.5 Å². The second kappa shape index (κ2) is 10.5. The Morgan fingerprint density at radius 2 is 1.68 bits per heavy atom. The van der Waals surface area contributed by atoms with Gasteiger partial charge in [-0.2, -0.15) is 0 Å². The van der Waals surface area contributed by atoms with Crippen molar-refractivity contribution < 1.29 is 22.7 Å². The van der Waals surface area contributed by atoms with Gasteiger partial charge in [-0.25, -0.2) is 8.42 Å². The summed E-state index contributed by atoms with van der Waals surface area (Å²) >= 11 is 0. The molecule has 0 radical (unpaired) electrons. The first-order chi connectivity index (χ1) is 14.5. The zero-order valence-electron chi connectivity index (χ0n) is 18.8. The van der Waals surface area contributed by atoms with Gasteiger partial charge in [-0.15, -0.1) is 0 Å². The van der Waals surface area contributed by atoms with Crippen LogP contribution >= 0.6 is 0 Å². The van der Waals surface area contributed by atoms with E-state index in [1.807, 2.05) is 31.2 Å². The molecule has 0 saturated heterocycles. The zero-order valence-corrected chi connectivity index (χ0v) is 19.7. The summed E-state index contributed by atoms with van der Waals surface area (Å²) in [5, 5.41) is 2.72. The topological polar surface area (TPSA) is 84.9 Å². The molecular weight excluding hydrogens is 416 g/mol. The number of rotatable bonds is 10. The number of ether oxygens (including phenoxy) is 2. The summed E-state index contributed by atoms with van der Waals surface area (Å²) in [6.07, 6.45) is 1.07. The summed E-state index contributed by atoms with van der Waals surface area (Å²) < 4.78 is 36.7. The maximum absolute atomic E-state index is 12.4. The first-order valence-corrected chi connectivity index (χ1v) is 12.1. The fraction of sp³-hybridized carbons (Fsp3) is 0.435. The summed E-state index contributed by atoms with van der Waals surface area (Å²) in [4.78, 5) is 12.4. The van der Waals surface area contributed by atoms with Crippen molar-refractivity contribution in [2.45, 2.75) is 33.1 Å². The molecule has 0 aliphatic rings. The van der Waals surface area contributed by atoms with E-state index in [4.69, 9.17) is 9.47 Å². The number of para-hydroxylation sites is 1. The Balaban J connectivity index is 1.94. The van der Waals surface area contributed by atoms with Crippen LogP contribution in [-0.2, 0) is 20.2 Å². The number of sulfonamides is 1. The van der Waals surface area contributed by atoms with Crippen molar-refractivity contribution in [1.29, 1.82) is 0 Å². The van der Waals surface area contributed by atoms with E-state index in [-0.39, 0.29) is 25.1 Å². The third-order valence-electron chi connectivity index (χ3n) is 4.50. The largest absolute Gasteiger partial charge is 0.494 e. The molecule has 8 heteroatoms. The van der Waals surface area contributed by atoms with Crippen molar-refractivity contribution in [3.63, 3.8) is 0 Å². The summed E-state index contributed by atoms with van der Waals surface area (Å²) in [6, 6.07) is 14.4. The standard InChI is InChI=1S/C23H32N2O5S/c1-6-29-19-13-11-18(12-14-19)25(31(5,27)28)17-22(26)24-15-16-30-21-10-8-7-9-20(21)23(2,3)4/h7-14H,6,15-17H2,1-5H3,(H,24,26). The summed E-state index contributed by atoms with van der Waals surface area (Å²) in [5.74, 6) is 1.00. The number of anilines is 1. The molecule has 0 aliphatic carbocycles. The maximum atomic E-state index is 12.4. The van der Waals surface area contributed by atoms with E-state index in [1.54, 1.807) is 24.3 Å². The fourth-order valence-electron chi connectivity index (χ4n) is 3.03. The molecular formula is C23H32N2O5S. The summed E-state index contributed by atoms with van der Waals surface area (Å²) in [5.41, 5.74) is 1.42. The van der Waals surface area contributed by atoms with Crippen LogP contribution in [0.1, 0.15) is 33.3 Å². The van der Waals surface area contributed by atoms with E-state index in [9.17, 15) is 13.2 Å². The Labute approximate surface area is 185 Å². The molecule has 0 spiro atoms. The van der Waals surface area contributed by atoms with E-state index in [1.165, 1.54) is 0 Å². The number of hydrogen-bond donors (Lipinski definition) is 1. The van der Waals surface area contributed by atoms with E-state index in [0.717, 1.165) is 21.9 Å². The lowest BCUT2D eigenvalue weighted by Crippen LogP contribution is -2.41. The molecule has 170 valence electrons. The molecule has 0 bridgehead atoms. The zero-order chi connectivity index (χ0) is 23.1. The smallest absolute Gasteiger partial charge is 0.240 e. The minimum absolute atomic E-state index is 0.0620. The predicted octanol–water partition coefficient (Wildman–Crippen LogP) is 3.34. The molecule has 2 rings (SSSR count). The Kier molecular flexibility index (Phi) is 8.33. The average Bonchev–Trinajstić information content (AvgIpc) is 2.69. The highest BCUT2D eigenvalue weighted by Gasteiger charge is 2.21. The SMILES string of the molecule is CCOc1ccc(N(CC(=O)NCCOc2ccccc2C(C)(C)C)S(C)(=O)=O)cc1. The Morgan fingerprint density at radius 3 is 2.26 bits per heavy atom. The number of nitrogens with zero attached hydrogens (tertiary/aromatic N) is 1. The molecule has 0 unspecified atom stereocenters. The third-order valence-corrected chi connectivity index (χ3v) is 5.64. The molecule has 0 saturated carbocycles.